The number of ketones is 1. The lowest BCUT2D eigenvalue weighted by Gasteiger charge is -2.42. The van der Waals surface area contributed by atoms with Crippen molar-refractivity contribution < 1.29 is 4.79 Å². The summed E-state index contributed by atoms with van der Waals surface area (Å²) < 4.78 is 0. The molecule has 4 aliphatic rings. The Labute approximate surface area is 263 Å². The van der Waals surface area contributed by atoms with E-state index in [1.807, 2.05) is 0 Å². The molecule has 6 atom stereocenters. The van der Waals surface area contributed by atoms with Crippen molar-refractivity contribution in [1.82, 2.24) is 0 Å². The Morgan fingerprint density at radius 2 is 0.857 bits per heavy atom. The van der Waals surface area contributed by atoms with Gasteiger partial charge in [-0.15, -0.1) is 0 Å². The van der Waals surface area contributed by atoms with Gasteiger partial charge in [-0.25, -0.2) is 0 Å². The maximum absolute atomic E-state index is 12.9. The first-order chi connectivity index (χ1) is 20.5. The lowest BCUT2D eigenvalue weighted by atomic mass is 9.64. The molecule has 1 nitrogen and oxygen atoms in total. The van der Waals surface area contributed by atoms with Crippen LogP contribution in [0.5, 0.6) is 0 Å². The molecule has 4 rings (SSSR count). The van der Waals surface area contributed by atoms with E-state index in [2.05, 4.69) is 27.7 Å². The van der Waals surface area contributed by atoms with Crippen molar-refractivity contribution in [3.8, 4) is 0 Å². The van der Waals surface area contributed by atoms with Gasteiger partial charge in [0.05, 0.1) is 0 Å². The molecule has 0 spiro atoms. The fourth-order valence-corrected chi connectivity index (χ4v) is 11.0. The summed E-state index contributed by atoms with van der Waals surface area (Å²) in [5.41, 5.74) is 0. The Hall–Kier alpha value is -0.330. The van der Waals surface area contributed by atoms with Crippen LogP contribution in [-0.2, 0) is 4.79 Å². The molecule has 0 aromatic heterocycles. The molecule has 0 saturated heterocycles. The second-order valence-corrected chi connectivity index (χ2v) is 16.8. The number of carbonyl (C=O) groups is 1. The molecule has 4 aliphatic carbocycles. The highest BCUT2D eigenvalue weighted by atomic mass is 16.1. The minimum atomic E-state index is 0.587. The fraction of sp³-hybridized carbons (Fsp3) is 0.976. The topological polar surface area (TPSA) is 17.1 Å². The third-order valence-corrected chi connectivity index (χ3v) is 13.8. The van der Waals surface area contributed by atoms with Gasteiger partial charge in [0.15, 0.2) is 0 Å². The van der Waals surface area contributed by atoms with Gasteiger partial charge in [-0.3, -0.25) is 4.79 Å². The average Bonchev–Trinajstić information content (AvgIpc) is 3.00. The summed E-state index contributed by atoms with van der Waals surface area (Å²) in [4.78, 5) is 12.9. The van der Waals surface area contributed by atoms with Gasteiger partial charge in [0.25, 0.3) is 0 Å². The van der Waals surface area contributed by atoms with E-state index < -0.39 is 0 Å². The van der Waals surface area contributed by atoms with Crippen LogP contribution in [0.2, 0.25) is 0 Å². The number of hydrogen-bond acceptors (Lipinski definition) is 1. The number of carbonyl (C=O) groups excluding carboxylic acids is 1. The molecule has 0 amide bonds. The van der Waals surface area contributed by atoms with E-state index in [0.29, 0.717) is 5.78 Å². The zero-order valence-electron chi connectivity index (χ0n) is 29.1. The Balaban J connectivity index is 1.04. The number of hydrogen-bond donors (Lipinski definition) is 0. The standard InChI is InChI=1S/C41H74O/c1-5-7-9-11-35-19-27-40(31(3)29-35)37-21-13-33(14-22-37)17-25-39(42)26-18-34-15-23-38(24-16-34)41-28-20-36(30-32(41)4)12-10-8-6-2/h31-38,40-41H,5-30H2,1-4H3. The highest BCUT2D eigenvalue weighted by Crippen LogP contribution is 2.47. The van der Waals surface area contributed by atoms with Crippen molar-refractivity contribution in [2.75, 3.05) is 0 Å². The summed E-state index contributed by atoms with van der Waals surface area (Å²) in [6.07, 6.45) is 36.1. The molecule has 0 N–H and O–H groups in total. The van der Waals surface area contributed by atoms with E-state index >= 15 is 0 Å². The zero-order valence-corrected chi connectivity index (χ0v) is 29.1. The van der Waals surface area contributed by atoms with E-state index in [-0.39, 0.29) is 0 Å². The summed E-state index contributed by atoms with van der Waals surface area (Å²) in [6.45, 7) is 9.82. The van der Waals surface area contributed by atoms with Crippen LogP contribution in [0.4, 0.5) is 0 Å². The van der Waals surface area contributed by atoms with Crippen LogP contribution in [0.25, 0.3) is 0 Å². The van der Waals surface area contributed by atoms with Gasteiger partial charge in [0.1, 0.15) is 5.78 Å². The average molecular weight is 583 g/mol. The third-order valence-electron chi connectivity index (χ3n) is 13.8. The summed E-state index contributed by atoms with van der Waals surface area (Å²) in [5, 5.41) is 0. The Kier molecular flexibility index (Phi) is 15.3. The number of Topliss-reactive ketones (excluding diaryl/α,β-unsaturated/α-hetero) is 1. The van der Waals surface area contributed by atoms with Crippen LogP contribution in [0.3, 0.4) is 0 Å². The van der Waals surface area contributed by atoms with Gasteiger partial charge in [-0.05, 0) is 123 Å². The van der Waals surface area contributed by atoms with Crippen LogP contribution in [0, 0.1) is 59.2 Å². The van der Waals surface area contributed by atoms with Gasteiger partial charge < -0.3 is 0 Å². The van der Waals surface area contributed by atoms with Crippen LogP contribution < -0.4 is 0 Å². The first-order valence-corrected chi connectivity index (χ1v) is 20.0. The van der Waals surface area contributed by atoms with Crippen molar-refractivity contribution >= 4 is 5.78 Å². The van der Waals surface area contributed by atoms with Gasteiger partial charge >= 0.3 is 0 Å². The van der Waals surface area contributed by atoms with Gasteiger partial charge in [-0.1, -0.05) is 118 Å². The maximum Gasteiger partial charge on any atom is 0.132 e. The smallest absolute Gasteiger partial charge is 0.132 e. The van der Waals surface area contributed by atoms with Crippen molar-refractivity contribution in [2.24, 2.45) is 59.2 Å². The first-order valence-electron chi connectivity index (χ1n) is 20.0. The summed E-state index contributed by atoms with van der Waals surface area (Å²) in [7, 11) is 0. The molecule has 4 fully saturated rings. The summed E-state index contributed by atoms with van der Waals surface area (Å²) in [5.74, 6) is 10.2. The second-order valence-electron chi connectivity index (χ2n) is 16.8. The molecule has 0 radical (unpaired) electrons. The van der Waals surface area contributed by atoms with Crippen molar-refractivity contribution in [3.63, 3.8) is 0 Å². The minimum absolute atomic E-state index is 0.587. The molecule has 4 saturated carbocycles. The summed E-state index contributed by atoms with van der Waals surface area (Å²) >= 11 is 0. The molecule has 0 aliphatic heterocycles. The fourth-order valence-electron chi connectivity index (χ4n) is 11.0. The van der Waals surface area contributed by atoms with E-state index in [9.17, 15) is 4.79 Å². The normalized spacial score (nSPS) is 37.9. The minimum Gasteiger partial charge on any atom is -0.300 e. The van der Waals surface area contributed by atoms with E-state index in [1.54, 1.807) is 0 Å². The zero-order chi connectivity index (χ0) is 29.7. The number of unbranched alkanes of at least 4 members (excludes halogenated alkanes) is 4. The molecular weight excluding hydrogens is 508 g/mol. The van der Waals surface area contributed by atoms with Crippen molar-refractivity contribution in [2.45, 2.75) is 195 Å². The Morgan fingerprint density at radius 1 is 0.476 bits per heavy atom. The van der Waals surface area contributed by atoms with E-state index in [0.717, 1.165) is 72.0 Å². The molecule has 244 valence electrons. The van der Waals surface area contributed by atoms with Crippen LogP contribution in [-0.4, -0.2) is 5.78 Å². The molecule has 42 heavy (non-hydrogen) atoms. The summed E-state index contributed by atoms with van der Waals surface area (Å²) in [6, 6.07) is 0. The lowest BCUT2D eigenvalue weighted by Crippen LogP contribution is -2.31. The Morgan fingerprint density at radius 3 is 1.21 bits per heavy atom. The van der Waals surface area contributed by atoms with Gasteiger partial charge in [0, 0.05) is 12.8 Å². The second kappa shape index (κ2) is 18.6. The SMILES string of the molecule is CCCCCC1CCC(C2CCC(CCC(=O)CCC3CCC(C4CCC(CCCCC)CC4C)CC3)CC2)C(C)C1. The van der Waals surface area contributed by atoms with Crippen LogP contribution >= 0.6 is 0 Å². The lowest BCUT2D eigenvalue weighted by molar-refractivity contribution is -0.119. The van der Waals surface area contributed by atoms with Gasteiger partial charge in [0.2, 0.25) is 0 Å². The van der Waals surface area contributed by atoms with Crippen molar-refractivity contribution in [3.05, 3.63) is 0 Å². The molecule has 0 aromatic rings. The predicted octanol–water partition coefficient (Wildman–Crippen LogP) is 13.0. The molecule has 1 heteroatoms. The third kappa shape index (κ3) is 10.9. The highest BCUT2D eigenvalue weighted by Gasteiger charge is 2.36. The van der Waals surface area contributed by atoms with E-state index in [4.69, 9.17) is 0 Å². The molecule has 0 bridgehead atoms. The number of rotatable bonds is 16. The monoisotopic (exact) mass is 583 g/mol. The predicted molar refractivity (Wildman–Crippen MR) is 183 cm³/mol. The first kappa shape index (κ1) is 34.5. The van der Waals surface area contributed by atoms with E-state index in [1.165, 1.54) is 154 Å². The largest absolute Gasteiger partial charge is 0.300 e. The molecule has 0 aromatic carbocycles. The highest BCUT2D eigenvalue weighted by molar-refractivity contribution is 5.78. The molecule has 6 unspecified atom stereocenters. The van der Waals surface area contributed by atoms with Gasteiger partial charge in [-0.2, -0.15) is 0 Å². The maximum atomic E-state index is 12.9. The Bertz CT molecular complexity index is 665. The van der Waals surface area contributed by atoms with Crippen LogP contribution in [0.15, 0.2) is 0 Å². The molecule has 0 heterocycles. The van der Waals surface area contributed by atoms with Crippen molar-refractivity contribution in [1.29, 1.82) is 0 Å². The molecular formula is C41H74O. The quantitative estimate of drug-likeness (QED) is 0.165. The van der Waals surface area contributed by atoms with Crippen LogP contribution in [0.1, 0.15) is 195 Å².